The number of hydrogen-bond donors (Lipinski definition) is 2. The fourth-order valence-corrected chi connectivity index (χ4v) is 8.60. The van der Waals surface area contributed by atoms with Gasteiger partial charge in [-0.3, -0.25) is 29.6 Å². The number of nitrogens with one attached hydrogen (secondary N) is 2. The van der Waals surface area contributed by atoms with E-state index in [2.05, 4.69) is 53.9 Å². The molecule has 11 nitrogen and oxygen atoms in total. The molecular formula is C35H42FN9O2. The van der Waals surface area contributed by atoms with Crippen LogP contribution in [-0.2, 0) is 16.6 Å². The van der Waals surface area contributed by atoms with Crippen molar-refractivity contribution in [3.05, 3.63) is 72.1 Å². The fourth-order valence-electron chi connectivity index (χ4n) is 8.60. The lowest BCUT2D eigenvalue weighted by atomic mass is 9.77. The topological polar surface area (TPSA) is 112 Å². The van der Waals surface area contributed by atoms with Crippen LogP contribution in [0.4, 0.5) is 4.39 Å². The maximum atomic E-state index is 14.0. The van der Waals surface area contributed by atoms with Gasteiger partial charge in [-0.25, -0.2) is 14.8 Å². The average molecular weight is 640 g/mol. The highest BCUT2D eigenvalue weighted by Crippen LogP contribution is 2.45. The van der Waals surface area contributed by atoms with Crippen LogP contribution in [0.15, 0.2) is 55.0 Å². The zero-order valence-electron chi connectivity index (χ0n) is 26.8. The molecule has 0 bridgehead atoms. The molecule has 3 aromatic rings. The lowest BCUT2D eigenvalue weighted by Crippen LogP contribution is -2.47. The van der Waals surface area contributed by atoms with Gasteiger partial charge in [0.1, 0.15) is 12.1 Å². The molecule has 12 heteroatoms. The summed E-state index contributed by atoms with van der Waals surface area (Å²) in [6, 6.07) is 12.0. The highest BCUT2D eigenvalue weighted by molar-refractivity contribution is 5.86. The SMILES string of the molecule is Cn1cnc(-c2ccc(C3=CCN(C(=O)CN4CC[C@]5(CCN(C6CCC7NNC(c8ccc(F)cn8)C7C6)C5=O)C4)CC3)cc2)n1. The Bertz CT molecular complexity index is 1670. The van der Waals surface area contributed by atoms with Crippen molar-refractivity contribution in [3.63, 3.8) is 0 Å². The second-order valence-electron chi connectivity index (χ2n) is 14.0. The van der Waals surface area contributed by atoms with Gasteiger partial charge in [0.25, 0.3) is 0 Å². The van der Waals surface area contributed by atoms with E-state index < -0.39 is 0 Å². The van der Waals surface area contributed by atoms with Crippen LogP contribution in [0.5, 0.6) is 0 Å². The standard InChI is InChI=1S/C35H42FN9O2/c1-42-22-38-33(41-42)25-4-2-23(3-5-25)24-10-14-44(15-11-24)31(46)20-43-16-12-35(21-43)13-17-45(34(35)47)27-7-9-29-28(18-27)32(40-39-29)30-8-6-26(36)19-37-30/h2-6,8,10,19,22,27-29,32,39-40H,7,9,11-18,20-21H2,1H3/t27?,28?,29?,32?,35-/m0/s1. The average Bonchev–Trinajstić information content (AvgIpc) is 3.89. The molecule has 4 aliphatic heterocycles. The van der Waals surface area contributed by atoms with E-state index in [0.29, 0.717) is 38.0 Å². The van der Waals surface area contributed by atoms with E-state index in [4.69, 9.17) is 0 Å². The number of amides is 2. The van der Waals surface area contributed by atoms with Crippen molar-refractivity contribution in [2.24, 2.45) is 18.4 Å². The zero-order chi connectivity index (χ0) is 32.1. The Labute approximate surface area is 274 Å². The lowest BCUT2D eigenvalue weighted by Gasteiger charge is -2.38. The van der Waals surface area contributed by atoms with Crippen LogP contribution in [-0.4, -0.2) is 97.6 Å². The molecule has 8 rings (SSSR count). The van der Waals surface area contributed by atoms with Crippen molar-refractivity contribution in [1.82, 2.24) is 45.3 Å². The number of carbonyl (C=O) groups excluding carboxylic acids is 2. The maximum Gasteiger partial charge on any atom is 0.237 e. The molecule has 47 heavy (non-hydrogen) atoms. The van der Waals surface area contributed by atoms with Crippen molar-refractivity contribution in [2.45, 2.75) is 56.7 Å². The quantitative estimate of drug-likeness (QED) is 0.424. The molecule has 5 aliphatic rings. The van der Waals surface area contributed by atoms with E-state index in [1.807, 2.05) is 24.1 Å². The third kappa shape index (κ3) is 5.76. The van der Waals surface area contributed by atoms with E-state index in [9.17, 15) is 14.0 Å². The van der Waals surface area contributed by atoms with Crippen LogP contribution < -0.4 is 10.9 Å². The van der Waals surface area contributed by atoms with Crippen molar-refractivity contribution >= 4 is 17.4 Å². The van der Waals surface area contributed by atoms with Crippen LogP contribution in [0.1, 0.15) is 55.8 Å². The minimum absolute atomic E-state index is 0.000878. The third-order valence-corrected chi connectivity index (χ3v) is 11.2. The smallest absolute Gasteiger partial charge is 0.237 e. The number of fused-ring (bicyclic) bond motifs is 1. The van der Waals surface area contributed by atoms with Crippen LogP contribution in [0.2, 0.25) is 0 Å². The molecule has 3 saturated heterocycles. The van der Waals surface area contributed by atoms with E-state index in [0.717, 1.165) is 62.9 Å². The summed E-state index contributed by atoms with van der Waals surface area (Å²) in [5, 5.41) is 4.38. The van der Waals surface area contributed by atoms with Crippen LogP contribution in [0, 0.1) is 17.2 Å². The number of likely N-dealkylation sites (tertiary alicyclic amines) is 2. The summed E-state index contributed by atoms with van der Waals surface area (Å²) in [6.45, 7) is 3.87. The molecule has 5 atom stereocenters. The van der Waals surface area contributed by atoms with Gasteiger partial charge in [-0.2, -0.15) is 5.10 Å². The number of hydrogen-bond acceptors (Lipinski definition) is 8. The Morgan fingerprint density at radius 3 is 2.60 bits per heavy atom. The summed E-state index contributed by atoms with van der Waals surface area (Å²) >= 11 is 0. The number of aryl methyl sites for hydroxylation is 1. The number of hydrazine groups is 1. The van der Waals surface area contributed by atoms with Crippen molar-refractivity contribution < 1.29 is 14.0 Å². The van der Waals surface area contributed by atoms with Gasteiger partial charge in [0.2, 0.25) is 11.8 Å². The molecule has 2 amide bonds. The van der Waals surface area contributed by atoms with Gasteiger partial charge in [-0.1, -0.05) is 30.3 Å². The minimum Gasteiger partial charge on any atom is -0.339 e. The highest BCUT2D eigenvalue weighted by atomic mass is 19.1. The zero-order valence-corrected chi connectivity index (χ0v) is 26.8. The summed E-state index contributed by atoms with van der Waals surface area (Å²) in [4.78, 5) is 42.4. The van der Waals surface area contributed by atoms with Gasteiger partial charge in [-0.15, -0.1) is 0 Å². The first-order valence-corrected chi connectivity index (χ1v) is 16.9. The number of benzene rings is 1. The molecule has 1 saturated carbocycles. The van der Waals surface area contributed by atoms with Crippen LogP contribution in [0.25, 0.3) is 17.0 Å². The first-order valence-electron chi connectivity index (χ1n) is 16.9. The number of pyridine rings is 1. The van der Waals surface area contributed by atoms with Gasteiger partial charge in [0.05, 0.1) is 29.9 Å². The van der Waals surface area contributed by atoms with Gasteiger partial charge >= 0.3 is 0 Å². The Kier molecular flexibility index (Phi) is 7.89. The van der Waals surface area contributed by atoms with Crippen molar-refractivity contribution in [1.29, 1.82) is 0 Å². The number of rotatable bonds is 6. The molecule has 6 heterocycles. The predicted molar refractivity (Wildman–Crippen MR) is 174 cm³/mol. The summed E-state index contributed by atoms with van der Waals surface area (Å²) in [6.07, 6.45) is 10.5. The molecule has 2 aromatic heterocycles. The van der Waals surface area contributed by atoms with Gasteiger partial charge in [0, 0.05) is 50.9 Å². The van der Waals surface area contributed by atoms with Crippen LogP contribution >= 0.6 is 0 Å². The molecule has 0 radical (unpaired) electrons. The molecule has 4 unspecified atom stereocenters. The summed E-state index contributed by atoms with van der Waals surface area (Å²) in [5.41, 5.74) is 10.7. The second kappa shape index (κ2) is 12.2. The summed E-state index contributed by atoms with van der Waals surface area (Å²) in [5.74, 6) is 1.07. The Balaban J connectivity index is 0.848. The fraction of sp³-hybridized carbons (Fsp3) is 0.514. The molecular weight excluding hydrogens is 597 g/mol. The van der Waals surface area contributed by atoms with E-state index in [1.165, 1.54) is 23.4 Å². The maximum absolute atomic E-state index is 14.0. The molecule has 1 spiro atoms. The van der Waals surface area contributed by atoms with E-state index in [1.54, 1.807) is 17.1 Å². The monoisotopic (exact) mass is 639 g/mol. The Morgan fingerprint density at radius 2 is 1.85 bits per heavy atom. The first-order chi connectivity index (χ1) is 22.8. The van der Waals surface area contributed by atoms with Crippen LogP contribution in [0.3, 0.4) is 0 Å². The molecule has 2 N–H and O–H groups in total. The summed E-state index contributed by atoms with van der Waals surface area (Å²) in [7, 11) is 1.86. The van der Waals surface area contributed by atoms with Crippen molar-refractivity contribution in [2.75, 3.05) is 39.3 Å². The molecule has 246 valence electrons. The van der Waals surface area contributed by atoms with Crippen molar-refractivity contribution in [3.8, 4) is 11.4 Å². The summed E-state index contributed by atoms with van der Waals surface area (Å²) < 4.78 is 15.2. The lowest BCUT2D eigenvalue weighted by molar-refractivity contribution is -0.139. The number of nitrogens with zero attached hydrogens (tertiary/aromatic N) is 7. The number of carbonyl (C=O) groups is 2. The molecule has 4 fully saturated rings. The van der Waals surface area contributed by atoms with Gasteiger partial charge < -0.3 is 9.80 Å². The minimum atomic E-state index is -0.382. The number of halogens is 1. The predicted octanol–water partition coefficient (Wildman–Crippen LogP) is 2.94. The van der Waals surface area contributed by atoms with Gasteiger partial charge in [0.15, 0.2) is 5.82 Å². The Morgan fingerprint density at radius 1 is 1.02 bits per heavy atom. The molecule has 1 aromatic carbocycles. The van der Waals surface area contributed by atoms with E-state index in [-0.39, 0.29) is 41.0 Å². The number of aromatic nitrogens is 4. The third-order valence-electron chi connectivity index (χ3n) is 11.2. The highest BCUT2D eigenvalue weighted by Gasteiger charge is 2.53. The first kappa shape index (κ1) is 30.3. The second-order valence-corrected chi connectivity index (χ2v) is 14.0. The normalized spacial score (nSPS) is 29.5. The molecule has 1 aliphatic carbocycles. The van der Waals surface area contributed by atoms with Gasteiger partial charge in [-0.05, 0) is 74.3 Å². The van der Waals surface area contributed by atoms with E-state index >= 15 is 0 Å². The largest absolute Gasteiger partial charge is 0.339 e. The Hall–Kier alpha value is -4.00.